The molecule has 0 aliphatic heterocycles. The van der Waals surface area contributed by atoms with Gasteiger partial charge in [-0.1, -0.05) is 13.0 Å². The quantitative estimate of drug-likeness (QED) is 0.845. The molecule has 18 heavy (non-hydrogen) atoms. The number of aromatic nitrogens is 1. The molecule has 0 unspecified atom stereocenters. The van der Waals surface area contributed by atoms with Crippen LogP contribution in [0.5, 0.6) is 0 Å². The van der Waals surface area contributed by atoms with E-state index in [1.165, 1.54) is 4.31 Å². The monoisotopic (exact) mass is 271 g/mol. The summed E-state index contributed by atoms with van der Waals surface area (Å²) in [5.74, 6) is 0. The molecule has 0 saturated carbocycles. The lowest BCUT2D eigenvalue weighted by Gasteiger charge is -2.23. The number of hydrogen-bond donors (Lipinski definition) is 1. The molecule has 0 aromatic carbocycles. The van der Waals surface area contributed by atoms with E-state index in [0.29, 0.717) is 13.1 Å². The van der Waals surface area contributed by atoms with E-state index in [0.717, 1.165) is 5.56 Å². The Morgan fingerprint density at radius 1 is 1.39 bits per heavy atom. The Labute approximate surface area is 109 Å². The van der Waals surface area contributed by atoms with Crippen LogP contribution in [0.2, 0.25) is 0 Å². The van der Waals surface area contributed by atoms with Gasteiger partial charge < -0.3 is 5.32 Å². The predicted molar refractivity (Wildman–Crippen MR) is 71.7 cm³/mol. The number of nitrogens with one attached hydrogen (secondary N) is 1. The summed E-state index contributed by atoms with van der Waals surface area (Å²) in [6.45, 7) is 6.66. The zero-order chi connectivity index (χ0) is 13.8. The second-order valence-corrected chi connectivity index (χ2v) is 6.17. The van der Waals surface area contributed by atoms with Crippen molar-refractivity contribution in [3.05, 3.63) is 23.9 Å². The fourth-order valence-corrected chi connectivity index (χ4v) is 3.37. The lowest BCUT2D eigenvalue weighted by Crippen LogP contribution is -2.37. The molecule has 0 atom stereocenters. The van der Waals surface area contributed by atoms with Crippen molar-refractivity contribution in [2.75, 3.05) is 13.6 Å². The fourth-order valence-electron chi connectivity index (χ4n) is 1.80. The van der Waals surface area contributed by atoms with Gasteiger partial charge in [-0.25, -0.2) is 13.4 Å². The van der Waals surface area contributed by atoms with Crippen LogP contribution >= 0.6 is 0 Å². The number of nitrogens with zero attached hydrogens (tertiary/aromatic N) is 2. The van der Waals surface area contributed by atoms with Gasteiger partial charge in [0.2, 0.25) is 0 Å². The minimum atomic E-state index is -3.48. The van der Waals surface area contributed by atoms with Crippen LogP contribution in [0.1, 0.15) is 26.3 Å². The van der Waals surface area contributed by atoms with Gasteiger partial charge in [-0.15, -0.1) is 0 Å². The van der Waals surface area contributed by atoms with Gasteiger partial charge in [-0.3, -0.25) is 0 Å². The first-order valence-corrected chi connectivity index (χ1v) is 7.48. The first-order valence-electron chi connectivity index (χ1n) is 6.04. The highest BCUT2D eigenvalue weighted by Gasteiger charge is 2.26. The van der Waals surface area contributed by atoms with E-state index in [4.69, 9.17) is 0 Å². The normalized spacial score (nSPS) is 12.3. The molecule has 6 heteroatoms. The van der Waals surface area contributed by atoms with Gasteiger partial charge in [0.05, 0.1) is 0 Å². The first kappa shape index (κ1) is 15.1. The van der Waals surface area contributed by atoms with E-state index in [1.54, 1.807) is 18.3 Å². The van der Waals surface area contributed by atoms with Crippen molar-refractivity contribution in [1.82, 2.24) is 14.6 Å². The minimum Gasteiger partial charge on any atom is -0.316 e. The number of pyridine rings is 1. The van der Waals surface area contributed by atoms with Crippen molar-refractivity contribution < 1.29 is 8.42 Å². The second-order valence-electron chi connectivity index (χ2n) is 4.34. The maximum atomic E-state index is 12.3. The first-order chi connectivity index (χ1) is 8.43. The van der Waals surface area contributed by atoms with Crippen LogP contribution in [0.3, 0.4) is 0 Å². The molecule has 1 N–H and O–H groups in total. The third kappa shape index (κ3) is 3.28. The minimum absolute atomic E-state index is 0.0706. The molecular weight excluding hydrogens is 250 g/mol. The van der Waals surface area contributed by atoms with Crippen molar-refractivity contribution in [2.45, 2.75) is 38.4 Å². The average molecular weight is 271 g/mol. The Kier molecular flexibility index (Phi) is 5.25. The zero-order valence-electron chi connectivity index (χ0n) is 11.3. The molecule has 5 nitrogen and oxygen atoms in total. The molecule has 0 bridgehead atoms. The third-order valence-electron chi connectivity index (χ3n) is 2.64. The van der Waals surface area contributed by atoms with Crippen LogP contribution in [0, 0.1) is 0 Å². The van der Waals surface area contributed by atoms with E-state index in [9.17, 15) is 8.42 Å². The summed E-state index contributed by atoms with van der Waals surface area (Å²) in [5.41, 5.74) is 0.962. The number of hydrogen-bond acceptors (Lipinski definition) is 4. The van der Waals surface area contributed by atoms with Crippen molar-refractivity contribution in [2.24, 2.45) is 0 Å². The van der Waals surface area contributed by atoms with E-state index >= 15 is 0 Å². The summed E-state index contributed by atoms with van der Waals surface area (Å²) in [6, 6.07) is 3.27. The molecule has 1 aromatic rings. The van der Waals surface area contributed by atoms with E-state index < -0.39 is 10.0 Å². The highest BCUT2D eigenvalue weighted by molar-refractivity contribution is 7.89. The van der Waals surface area contributed by atoms with Gasteiger partial charge in [0.1, 0.15) is 0 Å². The van der Waals surface area contributed by atoms with Crippen molar-refractivity contribution in [3.8, 4) is 0 Å². The molecule has 0 fully saturated rings. The van der Waals surface area contributed by atoms with Crippen LogP contribution in [-0.2, 0) is 16.6 Å². The smallest absolute Gasteiger partial charge is 0.260 e. The number of rotatable bonds is 6. The topological polar surface area (TPSA) is 62.3 Å². The molecule has 0 aliphatic rings. The lowest BCUT2D eigenvalue weighted by atomic mass is 10.3. The molecule has 0 saturated heterocycles. The zero-order valence-corrected chi connectivity index (χ0v) is 12.2. The van der Waals surface area contributed by atoms with Crippen molar-refractivity contribution >= 4 is 10.0 Å². The van der Waals surface area contributed by atoms with Gasteiger partial charge in [-0.05, 0) is 32.5 Å². The molecule has 1 heterocycles. The second kappa shape index (κ2) is 6.26. The van der Waals surface area contributed by atoms with E-state index in [1.807, 2.05) is 27.8 Å². The summed E-state index contributed by atoms with van der Waals surface area (Å²) in [6.07, 6.45) is 1.59. The summed E-state index contributed by atoms with van der Waals surface area (Å²) < 4.78 is 26.1. The van der Waals surface area contributed by atoms with E-state index in [-0.39, 0.29) is 11.1 Å². The highest BCUT2D eigenvalue weighted by atomic mass is 32.2. The summed E-state index contributed by atoms with van der Waals surface area (Å²) in [5, 5.41) is 3.10. The molecule has 1 aromatic heterocycles. The van der Waals surface area contributed by atoms with Gasteiger partial charge in [0.25, 0.3) is 10.0 Å². The van der Waals surface area contributed by atoms with Gasteiger partial charge >= 0.3 is 0 Å². The maximum Gasteiger partial charge on any atom is 0.260 e. The molecular formula is C12H21N3O2S. The molecule has 0 spiro atoms. The summed E-state index contributed by atoms with van der Waals surface area (Å²) in [4.78, 5) is 4.05. The van der Waals surface area contributed by atoms with Gasteiger partial charge in [-0.2, -0.15) is 4.31 Å². The summed E-state index contributed by atoms with van der Waals surface area (Å²) in [7, 11) is -1.64. The van der Waals surface area contributed by atoms with Crippen molar-refractivity contribution in [1.29, 1.82) is 0 Å². The van der Waals surface area contributed by atoms with Crippen LogP contribution in [0.4, 0.5) is 0 Å². The molecule has 0 amide bonds. The Hall–Kier alpha value is -0.980. The Bertz CT molecular complexity index is 469. The van der Waals surface area contributed by atoms with Crippen LogP contribution in [0.15, 0.2) is 23.4 Å². The Morgan fingerprint density at radius 3 is 2.44 bits per heavy atom. The van der Waals surface area contributed by atoms with Crippen molar-refractivity contribution in [3.63, 3.8) is 0 Å². The third-order valence-corrected chi connectivity index (χ3v) is 4.71. The number of sulfonamides is 1. The predicted octanol–water partition coefficient (Wildman–Crippen LogP) is 1.22. The SMILES string of the molecule is CCN(C(C)C)S(=O)(=O)c1ccc(CNC)cn1. The molecule has 102 valence electrons. The molecule has 0 radical (unpaired) electrons. The summed E-state index contributed by atoms with van der Waals surface area (Å²) >= 11 is 0. The Balaban J connectivity index is 3.04. The van der Waals surface area contributed by atoms with Crippen LogP contribution in [-0.4, -0.2) is 37.3 Å². The standard InChI is InChI=1S/C12H21N3O2S/c1-5-15(10(2)3)18(16,17)12-7-6-11(8-13-4)9-14-12/h6-7,9-10,13H,5,8H2,1-4H3. The fraction of sp³-hybridized carbons (Fsp3) is 0.583. The lowest BCUT2D eigenvalue weighted by molar-refractivity contribution is 0.367. The van der Waals surface area contributed by atoms with Gasteiger partial charge in [0.15, 0.2) is 5.03 Å². The Morgan fingerprint density at radius 2 is 2.06 bits per heavy atom. The maximum absolute atomic E-state index is 12.3. The van der Waals surface area contributed by atoms with Crippen LogP contribution in [0.25, 0.3) is 0 Å². The van der Waals surface area contributed by atoms with Gasteiger partial charge in [0, 0.05) is 25.3 Å². The average Bonchev–Trinajstić information content (AvgIpc) is 2.30. The highest BCUT2D eigenvalue weighted by Crippen LogP contribution is 2.16. The van der Waals surface area contributed by atoms with Crippen LogP contribution < -0.4 is 5.32 Å². The largest absolute Gasteiger partial charge is 0.316 e. The van der Waals surface area contributed by atoms with E-state index in [2.05, 4.69) is 10.3 Å². The molecule has 0 aliphatic carbocycles. The molecule has 1 rings (SSSR count).